The molecule has 0 aliphatic carbocycles. The maximum absolute atomic E-state index is 11.7. The largest absolute Gasteiger partial charge is 0.476 e. The molecule has 0 fully saturated rings. The molecule has 7 heteroatoms. The summed E-state index contributed by atoms with van der Waals surface area (Å²) in [5, 5.41) is 19.5. The first kappa shape index (κ1) is 15.7. The number of carbonyl (C=O) groups excluding carboxylic acids is 1. The zero-order valence-electron chi connectivity index (χ0n) is 12.5. The quantitative estimate of drug-likeness (QED) is 0.846. The molecule has 0 spiro atoms. The summed E-state index contributed by atoms with van der Waals surface area (Å²) in [5.74, 6) is -1.23. The highest BCUT2D eigenvalue weighted by Crippen LogP contribution is 2.16. The van der Waals surface area contributed by atoms with Gasteiger partial charge in [0, 0.05) is 12.1 Å². The second kappa shape index (κ2) is 6.84. The van der Waals surface area contributed by atoms with Crippen molar-refractivity contribution in [3.05, 3.63) is 41.2 Å². The van der Waals surface area contributed by atoms with E-state index in [2.05, 4.69) is 15.6 Å². The van der Waals surface area contributed by atoms with Crippen LogP contribution in [0.2, 0.25) is 0 Å². The Balaban J connectivity index is 2.36. The van der Waals surface area contributed by atoms with Gasteiger partial charge in [-0.15, -0.1) is 5.10 Å². The van der Waals surface area contributed by atoms with Gasteiger partial charge in [-0.25, -0.2) is 9.48 Å². The third-order valence-corrected chi connectivity index (χ3v) is 3.16. The van der Waals surface area contributed by atoms with Crippen LogP contribution in [-0.4, -0.2) is 38.5 Å². The van der Waals surface area contributed by atoms with Crippen LogP contribution in [-0.2, 0) is 6.42 Å². The van der Waals surface area contributed by atoms with Gasteiger partial charge in [-0.2, -0.15) is 0 Å². The Kier molecular flexibility index (Phi) is 4.88. The van der Waals surface area contributed by atoms with Gasteiger partial charge >= 0.3 is 5.97 Å². The lowest BCUT2D eigenvalue weighted by atomic mass is 10.1. The Hall–Kier alpha value is -2.70. The van der Waals surface area contributed by atoms with Crippen molar-refractivity contribution in [3.8, 4) is 5.69 Å². The van der Waals surface area contributed by atoms with Crippen molar-refractivity contribution in [2.45, 2.75) is 26.7 Å². The van der Waals surface area contributed by atoms with Crippen LogP contribution in [0.4, 0.5) is 0 Å². The molecule has 1 aromatic carbocycles. The summed E-state index contributed by atoms with van der Waals surface area (Å²) in [7, 11) is 0. The first-order valence-electron chi connectivity index (χ1n) is 7.15. The molecule has 1 aromatic heterocycles. The second-order valence-electron chi connectivity index (χ2n) is 4.76. The van der Waals surface area contributed by atoms with Gasteiger partial charge in [-0.3, -0.25) is 4.79 Å². The number of hydrogen-bond acceptors (Lipinski definition) is 4. The lowest BCUT2D eigenvalue weighted by molar-refractivity contribution is 0.0689. The van der Waals surface area contributed by atoms with Crippen molar-refractivity contribution in [2.75, 3.05) is 6.54 Å². The summed E-state index contributed by atoms with van der Waals surface area (Å²) >= 11 is 0. The summed E-state index contributed by atoms with van der Waals surface area (Å²) in [5.41, 5.74) is 1.74. The average Bonchev–Trinajstić information content (AvgIpc) is 2.92. The molecule has 0 radical (unpaired) electrons. The molecule has 0 aliphatic heterocycles. The highest BCUT2D eigenvalue weighted by molar-refractivity contribution is 5.94. The van der Waals surface area contributed by atoms with E-state index in [1.165, 1.54) is 4.68 Å². The maximum atomic E-state index is 11.7. The number of aromatic carboxylic acids is 1. The summed E-state index contributed by atoms with van der Waals surface area (Å²) < 4.78 is 1.51. The summed E-state index contributed by atoms with van der Waals surface area (Å²) in [4.78, 5) is 22.9. The number of carbonyl (C=O) groups is 2. The van der Waals surface area contributed by atoms with E-state index in [9.17, 15) is 9.59 Å². The predicted molar refractivity (Wildman–Crippen MR) is 80.3 cm³/mol. The van der Waals surface area contributed by atoms with Crippen molar-refractivity contribution < 1.29 is 14.7 Å². The molecule has 22 heavy (non-hydrogen) atoms. The van der Waals surface area contributed by atoms with Crippen molar-refractivity contribution in [1.29, 1.82) is 0 Å². The van der Waals surface area contributed by atoms with E-state index in [1.807, 2.05) is 13.8 Å². The predicted octanol–water partition coefficient (Wildman–Crippen LogP) is 1.67. The molecule has 2 aromatic rings. The SMILES string of the molecule is CCCc1c(C(=O)O)nnn1-c1ccc(C(=O)NCC)cc1. The number of carboxylic acids is 1. The van der Waals surface area contributed by atoms with Crippen molar-refractivity contribution >= 4 is 11.9 Å². The van der Waals surface area contributed by atoms with Crippen LogP contribution in [0.25, 0.3) is 5.69 Å². The zero-order chi connectivity index (χ0) is 16.1. The van der Waals surface area contributed by atoms with Crippen LogP contribution in [0.1, 0.15) is 46.8 Å². The van der Waals surface area contributed by atoms with E-state index >= 15 is 0 Å². The van der Waals surface area contributed by atoms with Gasteiger partial charge in [0.1, 0.15) is 0 Å². The minimum Gasteiger partial charge on any atom is -0.476 e. The van der Waals surface area contributed by atoms with Gasteiger partial charge in [0.25, 0.3) is 5.91 Å². The van der Waals surface area contributed by atoms with E-state index < -0.39 is 5.97 Å². The minimum atomic E-state index is -1.09. The van der Waals surface area contributed by atoms with E-state index in [4.69, 9.17) is 5.11 Å². The molecule has 1 heterocycles. The van der Waals surface area contributed by atoms with Crippen molar-refractivity contribution in [1.82, 2.24) is 20.3 Å². The van der Waals surface area contributed by atoms with Gasteiger partial charge in [0.05, 0.1) is 11.4 Å². The molecule has 2 rings (SSSR count). The fourth-order valence-electron chi connectivity index (χ4n) is 2.15. The standard InChI is InChI=1S/C15H18N4O3/c1-3-5-12-13(15(21)22)17-18-19(12)11-8-6-10(7-9-11)14(20)16-4-2/h6-9H,3-5H2,1-2H3,(H,16,20)(H,21,22). The van der Waals surface area contributed by atoms with E-state index in [1.54, 1.807) is 24.3 Å². The lowest BCUT2D eigenvalue weighted by Gasteiger charge is -2.07. The molecule has 2 N–H and O–H groups in total. The zero-order valence-corrected chi connectivity index (χ0v) is 12.5. The number of amides is 1. The molecule has 116 valence electrons. The molecule has 0 saturated carbocycles. The lowest BCUT2D eigenvalue weighted by Crippen LogP contribution is -2.22. The second-order valence-corrected chi connectivity index (χ2v) is 4.76. The molecule has 0 bridgehead atoms. The minimum absolute atomic E-state index is 0.0327. The Labute approximate surface area is 128 Å². The van der Waals surface area contributed by atoms with Gasteiger partial charge in [0.2, 0.25) is 0 Å². The summed E-state index contributed by atoms with van der Waals surface area (Å²) in [6.45, 7) is 4.37. The number of nitrogens with zero attached hydrogens (tertiary/aromatic N) is 3. The van der Waals surface area contributed by atoms with Crippen molar-refractivity contribution in [3.63, 3.8) is 0 Å². The number of carboxylic acid groups (broad SMARTS) is 1. The Morgan fingerprint density at radius 1 is 1.23 bits per heavy atom. The number of hydrogen-bond donors (Lipinski definition) is 2. The van der Waals surface area contributed by atoms with Crippen LogP contribution in [0.3, 0.4) is 0 Å². The summed E-state index contributed by atoms with van der Waals surface area (Å²) in [6, 6.07) is 6.81. The van der Waals surface area contributed by atoms with Crippen LogP contribution in [0.5, 0.6) is 0 Å². The van der Waals surface area contributed by atoms with Crippen LogP contribution >= 0.6 is 0 Å². The highest BCUT2D eigenvalue weighted by atomic mass is 16.4. The number of rotatable bonds is 6. The van der Waals surface area contributed by atoms with Gasteiger partial charge in [-0.1, -0.05) is 18.6 Å². The molecule has 0 saturated heterocycles. The van der Waals surface area contributed by atoms with E-state index in [0.717, 1.165) is 6.42 Å². The fourth-order valence-corrected chi connectivity index (χ4v) is 2.15. The third-order valence-electron chi connectivity index (χ3n) is 3.16. The smallest absolute Gasteiger partial charge is 0.358 e. The topological polar surface area (TPSA) is 97.1 Å². The van der Waals surface area contributed by atoms with Gasteiger partial charge < -0.3 is 10.4 Å². The van der Waals surface area contributed by atoms with E-state index in [0.29, 0.717) is 29.9 Å². The first-order chi connectivity index (χ1) is 10.6. The maximum Gasteiger partial charge on any atom is 0.358 e. The molecular weight excluding hydrogens is 284 g/mol. The van der Waals surface area contributed by atoms with Crippen LogP contribution in [0, 0.1) is 0 Å². The van der Waals surface area contributed by atoms with E-state index in [-0.39, 0.29) is 11.6 Å². The molecule has 0 unspecified atom stereocenters. The Morgan fingerprint density at radius 3 is 2.45 bits per heavy atom. The normalized spacial score (nSPS) is 10.5. The van der Waals surface area contributed by atoms with Crippen molar-refractivity contribution in [2.24, 2.45) is 0 Å². The first-order valence-corrected chi connectivity index (χ1v) is 7.15. The number of aromatic nitrogens is 3. The number of nitrogens with one attached hydrogen (secondary N) is 1. The van der Waals surface area contributed by atoms with Crippen LogP contribution < -0.4 is 5.32 Å². The fraction of sp³-hybridized carbons (Fsp3) is 0.333. The Bertz CT molecular complexity index is 677. The third kappa shape index (κ3) is 3.13. The number of benzene rings is 1. The highest BCUT2D eigenvalue weighted by Gasteiger charge is 2.19. The van der Waals surface area contributed by atoms with Gasteiger partial charge in [0.15, 0.2) is 5.69 Å². The molecule has 0 atom stereocenters. The monoisotopic (exact) mass is 302 g/mol. The molecule has 0 aliphatic rings. The molecule has 7 nitrogen and oxygen atoms in total. The van der Waals surface area contributed by atoms with Crippen LogP contribution in [0.15, 0.2) is 24.3 Å². The molecule has 1 amide bonds. The molecular formula is C15H18N4O3. The summed E-state index contributed by atoms with van der Waals surface area (Å²) in [6.07, 6.45) is 1.34. The van der Waals surface area contributed by atoms with Gasteiger partial charge in [-0.05, 0) is 37.6 Å². The average molecular weight is 302 g/mol. The Morgan fingerprint density at radius 2 is 1.91 bits per heavy atom.